The monoisotopic (exact) mass is 234 g/mol. The van der Waals surface area contributed by atoms with Crippen molar-refractivity contribution in [2.75, 3.05) is 0 Å². The van der Waals surface area contributed by atoms with Gasteiger partial charge in [0.2, 0.25) is 0 Å². The van der Waals surface area contributed by atoms with E-state index in [0.29, 0.717) is 5.78 Å². The molecule has 0 amide bonds. The molecule has 0 saturated carbocycles. The molecule has 1 nitrogen and oxygen atoms in total. The van der Waals surface area contributed by atoms with Gasteiger partial charge in [0.25, 0.3) is 0 Å². The Morgan fingerprint density at radius 2 is 1.24 bits per heavy atom. The molecular weight excluding hydrogens is 208 g/mol. The van der Waals surface area contributed by atoms with E-state index >= 15 is 0 Å². The fourth-order valence-corrected chi connectivity index (χ4v) is 2.16. The van der Waals surface area contributed by atoms with E-state index in [2.05, 4.69) is 24.3 Å². The second-order valence-corrected chi connectivity index (χ2v) is 4.92. The van der Waals surface area contributed by atoms with Gasteiger partial charge in [0.15, 0.2) is 0 Å². The molecule has 0 atom stereocenters. The summed E-state index contributed by atoms with van der Waals surface area (Å²) in [7, 11) is 0. The van der Waals surface area contributed by atoms with Gasteiger partial charge in [0, 0.05) is 12.8 Å². The van der Waals surface area contributed by atoms with E-state index in [1.165, 1.54) is 32.1 Å². The maximum atomic E-state index is 11.5. The first-order chi connectivity index (χ1) is 8.39. The molecule has 0 unspecified atom stereocenters. The minimum atomic E-state index is 0.463. The maximum Gasteiger partial charge on any atom is 0.132 e. The summed E-state index contributed by atoms with van der Waals surface area (Å²) >= 11 is 0. The molecule has 0 N–H and O–H groups in total. The standard InChI is InChI=1S/C16H26O/c17-16-14-12-10-8-6-4-2-1-3-5-7-9-11-13-15-16/h1-2,6,8H,3-5,7,9-15H2. The molecule has 0 aromatic heterocycles. The molecule has 1 heteroatoms. The lowest BCUT2D eigenvalue weighted by Crippen LogP contribution is -1.97. The summed E-state index contributed by atoms with van der Waals surface area (Å²) in [6.45, 7) is 0. The summed E-state index contributed by atoms with van der Waals surface area (Å²) in [5.41, 5.74) is 0. The molecule has 0 aromatic rings. The van der Waals surface area contributed by atoms with Gasteiger partial charge in [-0.3, -0.25) is 4.79 Å². The number of carbonyl (C=O) groups is 1. The number of carbonyl (C=O) groups excluding carboxylic acids is 1. The highest BCUT2D eigenvalue weighted by atomic mass is 16.1. The van der Waals surface area contributed by atoms with Crippen LogP contribution >= 0.6 is 0 Å². The van der Waals surface area contributed by atoms with Crippen LogP contribution in [0.3, 0.4) is 0 Å². The molecule has 17 heavy (non-hydrogen) atoms. The van der Waals surface area contributed by atoms with Crippen molar-refractivity contribution in [1.29, 1.82) is 0 Å². The summed E-state index contributed by atoms with van der Waals surface area (Å²) < 4.78 is 0. The Balaban J connectivity index is 2.25. The van der Waals surface area contributed by atoms with Crippen molar-refractivity contribution >= 4 is 5.78 Å². The quantitative estimate of drug-likeness (QED) is 0.541. The SMILES string of the molecule is O=C1CCCC=CCC=CCCCCCCC1. The third kappa shape index (κ3) is 8.91. The third-order valence-electron chi connectivity index (χ3n) is 3.26. The highest BCUT2D eigenvalue weighted by Crippen LogP contribution is 2.10. The van der Waals surface area contributed by atoms with Crippen molar-refractivity contribution in [3.63, 3.8) is 0 Å². The lowest BCUT2D eigenvalue weighted by atomic mass is 10.0. The number of ketones is 1. The van der Waals surface area contributed by atoms with E-state index in [-0.39, 0.29) is 0 Å². The second kappa shape index (κ2) is 10.3. The van der Waals surface area contributed by atoms with Gasteiger partial charge in [-0.25, -0.2) is 0 Å². The van der Waals surface area contributed by atoms with Gasteiger partial charge in [0.05, 0.1) is 0 Å². The van der Waals surface area contributed by atoms with Crippen LogP contribution in [-0.2, 0) is 4.79 Å². The number of hydrogen-bond donors (Lipinski definition) is 0. The highest BCUT2D eigenvalue weighted by molar-refractivity contribution is 5.78. The Morgan fingerprint density at radius 3 is 2.06 bits per heavy atom. The highest BCUT2D eigenvalue weighted by Gasteiger charge is 2.00. The normalized spacial score (nSPS) is 21.5. The zero-order chi connectivity index (χ0) is 12.2. The Hall–Kier alpha value is -0.850. The van der Waals surface area contributed by atoms with Gasteiger partial charge in [0.1, 0.15) is 5.78 Å². The maximum absolute atomic E-state index is 11.5. The van der Waals surface area contributed by atoms with Crippen molar-refractivity contribution in [3.8, 4) is 0 Å². The van der Waals surface area contributed by atoms with Crippen LogP contribution in [0.4, 0.5) is 0 Å². The summed E-state index contributed by atoms with van der Waals surface area (Å²) in [6.07, 6.45) is 21.2. The number of Topliss-reactive ketones (excluding diaryl/α,β-unsaturated/α-hetero) is 1. The summed E-state index contributed by atoms with van der Waals surface area (Å²) in [5.74, 6) is 0.463. The molecule has 0 heterocycles. The second-order valence-electron chi connectivity index (χ2n) is 4.92. The van der Waals surface area contributed by atoms with Crippen molar-refractivity contribution < 1.29 is 4.79 Å². The van der Waals surface area contributed by atoms with Crippen LogP contribution in [-0.4, -0.2) is 5.78 Å². The van der Waals surface area contributed by atoms with Crippen molar-refractivity contribution in [1.82, 2.24) is 0 Å². The molecule has 0 saturated heterocycles. The Labute approximate surface area is 106 Å². The molecule has 0 fully saturated rings. The number of hydrogen-bond acceptors (Lipinski definition) is 1. The van der Waals surface area contributed by atoms with E-state index in [0.717, 1.165) is 38.5 Å². The molecule has 0 aliphatic heterocycles. The molecule has 96 valence electrons. The lowest BCUT2D eigenvalue weighted by molar-refractivity contribution is -0.119. The zero-order valence-electron chi connectivity index (χ0n) is 11.0. The first kappa shape index (κ1) is 14.2. The van der Waals surface area contributed by atoms with Crippen LogP contribution in [0.1, 0.15) is 70.6 Å². The van der Waals surface area contributed by atoms with E-state index in [9.17, 15) is 4.79 Å². The van der Waals surface area contributed by atoms with Crippen LogP contribution in [0.25, 0.3) is 0 Å². The molecule has 0 spiro atoms. The third-order valence-corrected chi connectivity index (χ3v) is 3.26. The van der Waals surface area contributed by atoms with Gasteiger partial charge in [-0.15, -0.1) is 0 Å². The van der Waals surface area contributed by atoms with Crippen molar-refractivity contribution in [3.05, 3.63) is 24.3 Å². The molecule has 1 aliphatic carbocycles. The average molecular weight is 234 g/mol. The predicted molar refractivity (Wildman–Crippen MR) is 74.1 cm³/mol. The van der Waals surface area contributed by atoms with Crippen LogP contribution in [0.2, 0.25) is 0 Å². The Morgan fingerprint density at radius 1 is 0.647 bits per heavy atom. The van der Waals surface area contributed by atoms with E-state index in [1.807, 2.05) is 0 Å². The van der Waals surface area contributed by atoms with Gasteiger partial charge in [-0.2, -0.15) is 0 Å². The van der Waals surface area contributed by atoms with E-state index in [1.54, 1.807) is 0 Å². The molecular formula is C16H26O. The fraction of sp³-hybridized carbons (Fsp3) is 0.688. The summed E-state index contributed by atoms with van der Waals surface area (Å²) in [4.78, 5) is 11.5. The molecule has 1 aliphatic rings. The van der Waals surface area contributed by atoms with Crippen LogP contribution < -0.4 is 0 Å². The minimum absolute atomic E-state index is 0.463. The molecule has 0 radical (unpaired) electrons. The lowest BCUT2D eigenvalue weighted by Gasteiger charge is -2.01. The van der Waals surface area contributed by atoms with Gasteiger partial charge < -0.3 is 0 Å². The first-order valence-corrected chi connectivity index (χ1v) is 7.21. The molecule has 0 aromatic carbocycles. The fourth-order valence-electron chi connectivity index (χ4n) is 2.16. The first-order valence-electron chi connectivity index (χ1n) is 7.21. The van der Waals surface area contributed by atoms with Gasteiger partial charge in [-0.05, 0) is 38.5 Å². The molecule has 0 bridgehead atoms. The summed E-state index contributed by atoms with van der Waals surface area (Å²) in [6, 6.07) is 0. The Kier molecular flexibility index (Phi) is 8.62. The van der Waals surface area contributed by atoms with Gasteiger partial charge in [-0.1, -0.05) is 43.6 Å². The van der Waals surface area contributed by atoms with E-state index < -0.39 is 0 Å². The van der Waals surface area contributed by atoms with Crippen LogP contribution in [0.5, 0.6) is 0 Å². The van der Waals surface area contributed by atoms with Gasteiger partial charge >= 0.3 is 0 Å². The summed E-state index contributed by atoms with van der Waals surface area (Å²) in [5, 5.41) is 0. The smallest absolute Gasteiger partial charge is 0.132 e. The van der Waals surface area contributed by atoms with Crippen molar-refractivity contribution in [2.24, 2.45) is 0 Å². The zero-order valence-corrected chi connectivity index (χ0v) is 11.0. The topological polar surface area (TPSA) is 17.1 Å². The number of allylic oxidation sites excluding steroid dienone is 4. The minimum Gasteiger partial charge on any atom is -0.300 e. The largest absolute Gasteiger partial charge is 0.300 e. The average Bonchev–Trinajstić information content (AvgIpc) is 2.32. The number of rotatable bonds is 0. The van der Waals surface area contributed by atoms with Crippen LogP contribution in [0, 0.1) is 0 Å². The molecule has 1 rings (SSSR count). The van der Waals surface area contributed by atoms with E-state index in [4.69, 9.17) is 0 Å². The Bertz CT molecular complexity index is 250. The predicted octanol–water partition coefficient (Wildman–Crippen LogP) is 4.97. The van der Waals surface area contributed by atoms with Crippen LogP contribution in [0.15, 0.2) is 24.3 Å². The van der Waals surface area contributed by atoms with Crippen molar-refractivity contribution in [2.45, 2.75) is 70.6 Å².